The molecule has 3 heteroatoms. The summed E-state index contributed by atoms with van der Waals surface area (Å²) in [5.41, 5.74) is 0.982. The van der Waals surface area contributed by atoms with Gasteiger partial charge < -0.3 is 16.6 Å². The van der Waals surface area contributed by atoms with E-state index in [4.69, 9.17) is 5.11 Å². The standard InChI is InChI=1S/C12H15O2.Y/c13-10-6-7-11(12(14)8-10)9-4-2-1-3-5-9;/h1,6-9,13-14H,2-5H2;/q-1;. The van der Waals surface area contributed by atoms with Crippen LogP contribution in [0.3, 0.4) is 0 Å². The molecule has 0 aliphatic heterocycles. The van der Waals surface area contributed by atoms with Crippen molar-refractivity contribution in [2.24, 2.45) is 0 Å². The minimum atomic E-state index is 0. The van der Waals surface area contributed by atoms with E-state index in [0.717, 1.165) is 31.2 Å². The largest absolute Gasteiger partial charge is 0.508 e. The quantitative estimate of drug-likeness (QED) is 0.776. The van der Waals surface area contributed by atoms with Crippen molar-refractivity contribution in [3.63, 3.8) is 0 Å². The molecule has 0 atom stereocenters. The van der Waals surface area contributed by atoms with E-state index in [1.54, 1.807) is 6.07 Å². The zero-order valence-corrected chi connectivity index (χ0v) is 11.5. The minimum absolute atomic E-state index is 0. The maximum Gasteiger partial charge on any atom is 0.122 e. The minimum Gasteiger partial charge on any atom is -0.508 e. The Morgan fingerprint density at radius 2 is 1.80 bits per heavy atom. The van der Waals surface area contributed by atoms with E-state index in [1.807, 2.05) is 6.07 Å². The molecule has 0 unspecified atom stereocenters. The number of hydrogen-bond donors (Lipinski definition) is 2. The van der Waals surface area contributed by atoms with E-state index >= 15 is 0 Å². The molecule has 2 nitrogen and oxygen atoms in total. The number of phenols is 2. The van der Waals surface area contributed by atoms with Gasteiger partial charge in [0.2, 0.25) is 0 Å². The molecule has 2 N–H and O–H groups in total. The van der Waals surface area contributed by atoms with Crippen LogP contribution in [-0.4, -0.2) is 10.2 Å². The van der Waals surface area contributed by atoms with Gasteiger partial charge in [-0.25, -0.2) is 0 Å². The fourth-order valence-corrected chi connectivity index (χ4v) is 2.12. The molecule has 0 bridgehead atoms. The van der Waals surface area contributed by atoms with E-state index in [-0.39, 0.29) is 44.2 Å². The van der Waals surface area contributed by atoms with Crippen molar-refractivity contribution in [2.45, 2.75) is 31.6 Å². The number of phenolic OH excluding ortho intramolecular Hbond substituents is 2. The molecule has 1 fully saturated rings. The zero-order chi connectivity index (χ0) is 9.97. The molecule has 0 saturated heterocycles. The van der Waals surface area contributed by atoms with Crippen molar-refractivity contribution in [3.05, 3.63) is 30.2 Å². The third-order valence-corrected chi connectivity index (χ3v) is 2.89. The first-order valence-corrected chi connectivity index (χ1v) is 5.11. The Labute approximate surface area is 116 Å². The molecule has 1 aromatic carbocycles. The van der Waals surface area contributed by atoms with Gasteiger partial charge >= 0.3 is 0 Å². The summed E-state index contributed by atoms with van der Waals surface area (Å²) < 4.78 is 0. The summed E-state index contributed by atoms with van der Waals surface area (Å²) in [5, 5.41) is 18.8. The van der Waals surface area contributed by atoms with Crippen molar-refractivity contribution in [3.8, 4) is 11.5 Å². The summed E-state index contributed by atoms with van der Waals surface area (Å²) in [4.78, 5) is 0. The number of aromatic hydroxyl groups is 2. The van der Waals surface area contributed by atoms with Gasteiger partial charge in [-0.15, -0.1) is 0 Å². The van der Waals surface area contributed by atoms with Gasteiger partial charge in [-0.1, -0.05) is 18.9 Å². The van der Waals surface area contributed by atoms with Crippen LogP contribution in [-0.2, 0) is 32.7 Å². The third-order valence-electron chi connectivity index (χ3n) is 2.89. The predicted molar refractivity (Wildman–Crippen MR) is 55.3 cm³/mol. The Morgan fingerprint density at radius 3 is 2.40 bits per heavy atom. The average molecular weight is 280 g/mol. The molecule has 1 aliphatic carbocycles. The molecule has 0 amide bonds. The van der Waals surface area contributed by atoms with Crippen LogP contribution in [0.1, 0.15) is 37.2 Å². The van der Waals surface area contributed by atoms with Crippen LogP contribution in [0.4, 0.5) is 0 Å². The Kier molecular flexibility index (Phi) is 5.07. The summed E-state index contributed by atoms with van der Waals surface area (Å²) in [6.07, 6.45) is 6.78. The van der Waals surface area contributed by atoms with Gasteiger partial charge in [0.25, 0.3) is 0 Å². The van der Waals surface area contributed by atoms with Gasteiger partial charge in [-0.2, -0.15) is 12.8 Å². The molecule has 0 spiro atoms. The van der Waals surface area contributed by atoms with E-state index in [9.17, 15) is 5.11 Å². The van der Waals surface area contributed by atoms with Crippen molar-refractivity contribution < 1.29 is 42.9 Å². The number of rotatable bonds is 1. The zero-order valence-electron chi connectivity index (χ0n) is 8.69. The van der Waals surface area contributed by atoms with Crippen molar-refractivity contribution in [2.75, 3.05) is 0 Å². The molecule has 0 heterocycles. The fourth-order valence-electron chi connectivity index (χ4n) is 2.12. The summed E-state index contributed by atoms with van der Waals surface area (Å²) in [6, 6.07) is 4.90. The first kappa shape index (κ1) is 13.0. The molecule has 1 aliphatic rings. The predicted octanol–water partition coefficient (Wildman–Crippen LogP) is 2.96. The van der Waals surface area contributed by atoms with Gasteiger partial charge in [0.1, 0.15) is 11.5 Å². The second-order valence-electron chi connectivity index (χ2n) is 3.88. The first-order chi connectivity index (χ1) is 6.77. The van der Waals surface area contributed by atoms with Crippen molar-refractivity contribution >= 4 is 0 Å². The molecule has 1 aromatic rings. The van der Waals surface area contributed by atoms with Gasteiger partial charge in [-0.05, 0) is 17.5 Å². The van der Waals surface area contributed by atoms with Crippen LogP contribution < -0.4 is 0 Å². The van der Waals surface area contributed by atoms with E-state index in [2.05, 4.69) is 6.42 Å². The maximum atomic E-state index is 9.67. The van der Waals surface area contributed by atoms with Crippen LogP contribution in [0.25, 0.3) is 0 Å². The second kappa shape index (κ2) is 5.86. The Bertz CT molecular complexity index is 319. The molecule has 15 heavy (non-hydrogen) atoms. The second-order valence-corrected chi connectivity index (χ2v) is 3.88. The van der Waals surface area contributed by atoms with Crippen LogP contribution in [0.2, 0.25) is 0 Å². The van der Waals surface area contributed by atoms with Crippen molar-refractivity contribution in [1.29, 1.82) is 0 Å². The summed E-state index contributed by atoms with van der Waals surface area (Å²) >= 11 is 0. The van der Waals surface area contributed by atoms with Crippen molar-refractivity contribution in [1.82, 2.24) is 0 Å². The summed E-state index contributed by atoms with van der Waals surface area (Å²) in [5.74, 6) is 0.825. The van der Waals surface area contributed by atoms with Crippen LogP contribution in [0.15, 0.2) is 18.2 Å². The SMILES string of the molecule is Oc1ccc(C2CC[CH-]CC2)c(O)c1.[Y]. The topological polar surface area (TPSA) is 40.5 Å². The molecule has 1 radical (unpaired) electrons. The van der Waals surface area contributed by atoms with E-state index in [0.29, 0.717) is 5.92 Å². The normalized spacial score (nSPS) is 17.1. The molecule has 0 aromatic heterocycles. The van der Waals surface area contributed by atoms with Gasteiger partial charge in [0.05, 0.1) is 0 Å². The van der Waals surface area contributed by atoms with Gasteiger partial charge in [0.15, 0.2) is 0 Å². The van der Waals surface area contributed by atoms with E-state index in [1.165, 1.54) is 6.07 Å². The summed E-state index contributed by atoms with van der Waals surface area (Å²) in [6.45, 7) is 0. The maximum absolute atomic E-state index is 9.67. The van der Waals surface area contributed by atoms with Crippen LogP contribution >= 0.6 is 0 Å². The fraction of sp³-hybridized carbons (Fsp3) is 0.417. The van der Waals surface area contributed by atoms with E-state index < -0.39 is 0 Å². The third kappa shape index (κ3) is 3.19. The molecule has 79 valence electrons. The Hall–Kier alpha value is -0.0761. The Balaban J connectivity index is 0.00000112. The number of benzene rings is 1. The monoisotopic (exact) mass is 280 g/mol. The smallest absolute Gasteiger partial charge is 0.122 e. The molecular formula is C12H15O2Y-. The average Bonchev–Trinajstić information content (AvgIpc) is 2.19. The van der Waals surface area contributed by atoms with Gasteiger partial charge in [0, 0.05) is 38.8 Å². The van der Waals surface area contributed by atoms with Crippen LogP contribution in [0, 0.1) is 6.42 Å². The molecule has 1 saturated carbocycles. The Morgan fingerprint density at radius 1 is 1.13 bits per heavy atom. The first-order valence-electron chi connectivity index (χ1n) is 5.11. The summed E-state index contributed by atoms with van der Waals surface area (Å²) in [7, 11) is 0. The molecular weight excluding hydrogens is 265 g/mol. The number of hydrogen-bond acceptors (Lipinski definition) is 2. The molecule has 2 rings (SSSR count). The van der Waals surface area contributed by atoms with Gasteiger partial charge in [-0.3, -0.25) is 0 Å². The van der Waals surface area contributed by atoms with Crippen LogP contribution in [0.5, 0.6) is 11.5 Å².